The Kier molecular flexibility index (Phi) is 4.86. The van der Waals surface area contributed by atoms with Crippen molar-refractivity contribution in [2.24, 2.45) is 0 Å². The van der Waals surface area contributed by atoms with Gasteiger partial charge in [-0.25, -0.2) is 9.50 Å². The van der Waals surface area contributed by atoms with E-state index in [4.69, 9.17) is 5.11 Å². The van der Waals surface area contributed by atoms with Crippen LogP contribution in [0, 0.1) is 0 Å². The maximum Gasteiger partial charge on any atom is 0.280 e. The van der Waals surface area contributed by atoms with Gasteiger partial charge in [0.05, 0.1) is 18.9 Å². The van der Waals surface area contributed by atoms with Gasteiger partial charge >= 0.3 is 0 Å². The molecule has 0 saturated carbocycles. The number of imidazole rings is 1. The van der Waals surface area contributed by atoms with E-state index in [0.29, 0.717) is 31.0 Å². The van der Waals surface area contributed by atoms with Gasteiger partial charge < -0.3 is 15.1 Å². The van der Waals surface area contributed by atoms with E-state index in [1.54, 1.807) is 15.3 Å². The van der Waals surface area contributed by atoms with Crippen molar-refractivity contribution in [1.29, 1.82) is 0 Å². The van der Waals surface area contributed by atoms with Gasteiger partial charge in [0.2, 0.25) is 5.95 Å². The molecule has 0 fully saturated rings. The highest BCUT2D eigenvalue weighted by atomic mass is 16.3. The number of fused-ring (bicyclic) bond motifs is 2. The Morgan fingerprint density at radius 1 is 1.33 bits per heavy atom. The van der Waals surface area contributed by atoms with Gasteiger partial charge in [0, 0.05) is 25.6 Å². The van der Waals surface area contributed by atoms with Crippen LogP contribution in [0.3, 0.4) is 0 Å². The third kappa shape index (κ3) is 3.03. The number of aliphatic hydroxyl groups excluding tert-OH is 2. The summed E-state index contributed by atoms with van der Waals surface area (Å²) in [5.74, 6) is 1.63. The summed E-state index contributed by atoms with van der Waals surface area (Å²) >= 11 is 0. The van der Waals surface area contributed by atoms with Gasteiger partial charge in [-0.3, -0.25) is 9.36 Å². The lowest BCUT2D eigenvalue weighted by Crippen LogP contribution is -2.40. The van der Waals surface area contributed by atoms with Crippen molar-refractivity contribution >= 4 is 11.5 Å². The van der Waals surface area contributed by atoms with E-state index in [2.05, 4.69) is 15.0 Å². The minimum Gasteiger partial charge on any atom is -0.394 e. The normalized spacial score (nSPS) is 16.0. The first-order valence-electron chi connectivity index (χ1n) is 8.55. The smallest absolute Gasteiger partial charge is 0.280 e. The van der Waals surface area contributed by atoms with Crippen LogP contribution in [0.4, 0.5) is 5.95 Å². The van der Waals surface area contributed by atoms with Crippen molar-refractivity contribution in [1.82, 2.24) is 19.2 Å². The van der Waals surface area contributed by atoms with Crippen LogP contribution in [0.2, 0.25) is 0 Å². The first-order valence-corrected chi connectivity index (χ1v) is 8.55. The second kappa shape index (κ2) is 6.90. The molecule has 1 aliphatic heterocycles. The molecule has 0 aromatic carbocycles. The molecule has 2 aromatic rings. The summed E-state index contributed by atoms with van der Waals surface area (Å²) in [5.41, 5.74) is 0.458. The highest BCUT2D eigenvalue weighted by Gasteiger charge is 2.23. The molecule has 132 valence electrons. The second-order valence-corrected chi connectivity index (χ2v) is 6.64. The van der Waals surface area contributed by atoms with E-state index < -0.39 is 6.10 Å². The fourth-order valence-electron chi connectivity index (χ4n) is 3.15. The average Bonchev–Trinajstić information content (AvgIpc) is 3.00. The van der Waals surface area contributed by atoms with E-state index in [-0.39, 0.29) is 18.1 Å². The summed E-state index contributed by atoms with van der Waals surface area (Å²) in [7, 11) is 0. The quantitative estimate of drug-likeness (QED) is 0.791. The number of rotatable bonds is 6. The van der Waals surface area contributed by atoms with Gasteiger partial charge in [0.15, 0.2) is 5.52 Å². The van der Waals surface area contributed by atoms with Gasteiger partial charge in [0.25, 0.3) is 5.56 Å². The van der Waals surface area contributed by atoms with Gasteiger partial charge in [-0.15, -0.1) is 5.10 Å². The van der Waals surface area contributed by atoms with E-state index in [9.17, 15) is 9.90 Å². The van der Waals surface area contributed by atoms with Crippen LogP contribution in [0.5, 0.6) is 0 Å². The molecule has 3 heterocycles. The topological polar surface area (TPSA) is 95.9 Å². The lowest BCUT2D eigenvalue weighted by molar-refractivity contribution is 0.0869. The van der Waals surface area contributed by atoms with Crippen molar-refractivity contribution in [2.45, 2.75) is 51.7 Å². The fourth-order valence-corrected chi connectivity index (χ4v) is 3.15. The van der Waals surface area contributed by atoms with E-state index in [1.807, 2.05) is 13.8 Å². The lowest BCUT2D eigenvalue weighted by atomic mass is 10.2. The minimum absolute atomic E-state index is 0.0560. The highest BCUT2D eigenvalue weighted by Crippen LogP contribution is 2.19. The van der Waals surface area contributed by atoms with Gasteiger partial charge in [0.1, 0.15) is 5.82 Å². The Labute approximate surface area is 140 Å². The third-order valence-electron chi connectivity index (χ3n) is 4.44. The fraction of sp³-hybridized carbons (Fsp3) is 0.688. The molecular formula is C16H25N5O3. The van der Waals surface area contributed by atoms with Gasteiger partial charge in [-0.2, -0.15) is 0 Å². The molecule has 2 aromatic heterocycles. The van der Waals surface area contributed by atoms with Crippen LogP contribution in [0.25, 0.3) is 5.52 Å². The molecule has 0 aliphatic carbocycles. The zero-order valence-electron chi connectivity index (χ0n) is 14.2. The zero-order valence-corrected chi connectivity index (χ0v) is 14.2. The maximum atomic E-state index is 12.7. The minimum atomic E-state index is -0.686. The number of hydrogen-bond donors (Lipinski definition) is 2. The number of anilines is 1. The van der Waals surface area contributed by atoms with E-state index >= 15 is 0 Å². The molecule has 1 unspecified atom stereocenters. The Balaban J connectivity index is 1.93. The predicted molar refractivity (Wildman–Crippen MR) is 90.5 cm³/mol. The first-order chi connectivity index (χ1) is 11.5. The van der Waals surface area contributed by atoms with E-state index in [0.717, 1.165) is 25.2 Å². The molecule has 1 aliphatic rings. The van der Waals surface area contributed by atoms with Crippen LogP contribution in [-0.2, 0) is 6.54 Å². The summed E-state index contributed by atoms with van der Waals surface area (Å²) in [6, 6.07) is 0. The van der Waals surface area contributed by atoms with Crippen molar-refractivity contribution < 1.29 is 10.2 Å². The van der Waals surface area contributed by atoms with Gasteiger partial charge in [-0.1, -0.05) is 13.8 Å². The van der Waals surface area contributed by atoms with Crippen LogP contribution in [0.1, 0.15) is 44.9 Å². The molecule has 2 N–H and O–H groups in total. The van der Waals surface area contributed by atoms with Crippen molar-refractivity contribution in [3.63, 3.8) is 0 Å². The highest BCUT2D eigenvalue weighted by molar-refractivity contribution is 5.47. The van der Waals surface area contributed by atoms with Crippen LogP contribution in [0.15, 0.2) is 11.0 Å². The molecule has 24 heavy (non-hydrogen) atoms. The van der Waals surface area contributed by atoms with Crippen molar-refractivity contribution in [3.05, 3.63) is 22.4 Å². The SMILES string of the molecule is CC(C)c1ncc2c(=O)n3c(nn12)N(CCCC(O)CO)CCC3. The van der Waals surface area contributed by atoms with Crippen molar-refractivity contribution in [3.8, 4) is 0 Å². The third-order valence-corrected chi connectivity index (χ3v) is 4.44. The Morgan fingerprint density at radius 2 is 2.12 bits per heavy atom. The second-order valence-electron chi connectivity index (χ2n) is 6.64. The van der Waals surface area contributed by atoms with Crippen LogP contribution >= 0.6 is 0 Å². The number of aliphatic hydroxyl groups is 2. The van der Waals surface area contributed by atoms with Crippen LogP contribution < -0.4 is 10.5 Å². The number of hydrogen-bond acceptors (Lipinski definition) is 6. The molecule has 0 spiro atoms. The summed E-state index contributed by atoms with van der Waals surface area (Å²) in [6.07, 6.45) is 3.07. The van der Waals surface area contributed by atoms with E-state index in [1.165, 1.54) is 0 Å². The number of nitrogens with zero attached hydrogens (tertiary/aromatic N) is 5. The molecule has 1 atom stereocenters. The molecule has 0 bridgehead atoms. The molecule has 8 nitrogen and oxygen atoms in total. The molecular weight excluding hydrogens is 310 g/mol. The largest absolute Gasteiger partial charge is 0.394 e. The van der Waals surface area contributed by atoms with Gasteiger partial charge in [-0.05, 0) is 19.3 Å². The Morgan fingerprint density at radius 3 is 2.83 bits per heavy atom. The predicted octanol–water partition coefficient (Wildman–Crippen LogP) is 0.358. The lowest BCUT2D eigenvalue weighted by Gasteiger charge is -2.30. The average molecular weight is 335 g/mol. The molecule has 0 amide bonds. The Hall–Kier alpha value is -1.93. The van der Waals surface area contributed by atoms with Crippen molar-refractivity contribution in [2.75, 3.05) is 24.6 Å². The standard InChI is InChI=1S/C16H25N5O3/c1-11(2)14-17-9-13-15(24)20-8-4-7-19(16(20)18-21(13)14)6-3-5-12(23)10-22/h9,11-12,22-23H,3-8,10H2,1-2H3. The maximum absolute atomic E-state index is 12.7. The van der Waals surface area contributed by atoms with Crippen LogP contribution in [-0.4, -0.2) is 55.2 Å². The Bertz CT molecular complexity index is 767. The summed E-state index contributed by atoms with van der Waals surface area (Å²) in [4.78, 5) is 19.2. The zero-order chi connectivity index (χ0) is 17.3. The monoisotopic (exact) mass is 335 g/mol. The molecule has 3 rings (SSSR count). The first kappa shape index (κ1) is 16.9. The summed E-state index contributed by atoms with van der Waals surface area (Å²) in [5, 5.41) is 23.1. The number of aromatic nitrogens is 4. The molecule has 8 heteroatoms. The molecule has 0 radical (unpaired) electrons. The summed E-state index contributed by atoms with van der Waals surface area (Å²) in [6.45, 7) is 6.03. The summed E-state index contributed by atoms with van der Waals surface area (Å²) < 4.78 is 3.38. The molecule has 0 saturated heterocycles.